The van der Waals surface area contributed by atoms with Crippen LogP contribution in [0.1, 0.15) is 33.6 Å². The number of halogens is 1. The van der Waals surface area contributed by atoms with Gasteiger partial charge in [-0.2, -0.15) is 0 Å². The predicted molar refractivity (Wildman–Crippen MR) is 103 cm³/mol. The molecule has 3 rings (SSSR count). The summed E-state index contributed by atoms with van der Waals surface area (Å²) in [6.45, 7) is 6.28. The minimum Gasteiger partial charge on any atom is -0.487 e. The van der Waals surface area contributed by atoms with Gasteiger partial charge in [0.05, 0.1) is 18.8 Å². The molecule has 2 amide bonds. The Morgan fingerprint density at radius 1 is 1.31 bits per heavy atom. The highest BCUT2D eigenvalue weighted by molar-refractivity contribution is 5.89. The molecule has 160 valence electrons. The van der Waals surface area contributed by atoms with Crippen molar-refractivity contribution in [2.24, 2.45) is 0 Å². The minimum absolute atomic E-state index is 0.0933. The van der Waals surface area contributed by atoms with E-state index in [1.54, 1.807) is 11.0 Å². The van der Waals surface area contributed by atoms with Gasteiger partial charge in [0.25, 0.3) is 0 Å². The van der Waals surface area contributed by atoms with Crippen molar-refractivity contribution in [1.82, 2.24) is 4.90 Å². The number of anilines is 1. The van der Waals surface area contributed by atoms with Gasteiger partial charge in [-0.3, -0.25) is 4.90 Å². The summed E-state index contributed by atoms with van der Waals surface area (Å²) in [7, 11) is 0. The van der Waals surface area contributed by atoms with Gasteiger partial charge < -0.3 is 24.2 Å². The van der Waals surface area contributed by atoms with E-state index in [0.717, 1.165) is 0 Å². The molecular weight excluding hydrogens is 383 g/mol. The molecule has 0 bridgehead atoms. The average Bonchev–Trinajstić information content (AvgIpc) is 3.03. The van der Waals surface area contributed by atoms with Crippen LogP contribution in [0.2, 0.25) is 0 Å². The van der Waals surface area contributed by atoms with Gasteiger partial charge in [0.1, 0.15) is 17.8 Å². The smallest absolute Gasteiger partial charge is 0.414 e. The van der Waals surface area contributed by atoms with Crippen molar-refractivity contribution in [3.05, 3.63) is 24.0 Å². The summed E-state index contributed by atoms with van der Waals surface area (Å²) in [6.07, 6.45) is -0.674. The zero-order valence-corrected chi connectivity index (χ0v) is 16.9. The molecule has 2 aliphatic rings. The van der Waals surface area contributed by atoms with E-state index < -0.39 is 23.6 Å². The van der Waals surface area contributed by atoms with E-state index >= 15 is 0 Å². The summed E-state index contributed by atoms with van der Waals surface area (Å²) < 4.78 is 30.6. The molecule has 1 atom stereocenters. The number of hydrogen-bond donors (Lipinski definition) is 1. The molecule has 0 spiro atoms. The Morgan fingerprint density at radius 2 is 2.00 bits per heavy atom. The van der Waals surface area contributed by atoms with Crippen molar-refractivity contribution in [3.63, 3.8) is 0 Å². The minimum atomic E-state index is -0.619. The van der Waals surface area contributed by atoms with Crippen molar-refractivity contribution in [3.8, 4) is 5.75 Å². The van der Waals surface area contributed by atoms with Crippen LogP contribution in [0.5, 0.6) is 5.75 Å². The van der Waals surface area contributed by atoms with Gasteiger partial charge in [-0.25, -0.2) is 14.0 Å². The normalized spacial score (nSPS) is 20.6. The summed E-state index contributed by atoms with van der Waals surface area (Å²) in [5.41, 5.74) is -0.204. The van der Waals surface area contributed by atoms with Crippen LogP contribution < -0.4 is 9.64 Å². The van der Waals surface area contributed by atoms with E-state index in [1.807, 2.05) is 20.8 Å². The third kappa shape index (κ3) is 5.29. The van der Waals surface area contributed by atoms with Crippen molar-refractivity contribution < 1.29 is 33.3 Å². The van der Waals surface area contributed by atoms with Crippen molar-refractivity contribution >= 4 is 17.9 Å². The van der Waals surface area contributed by atoms with E-state index in [9.17, 15) is 14.0 Å². The molecule has 29 heavy (non-hydrogen) atoms. The first-order valence-electron chi connectivity index (χ1n) is 9.69. The van der Waals surface area contributed by atoms with Gasteiger partial charge in [0.2, 0.25) is 0 Å². The topological polar surface area (TPSA) is 88.5 Å². The van der Waals surface area contributed by atoms with E-state index in [-0.39, 0.29) is 31.1 Å². The molecule has 1 aromatic rings. The number of piperidine rings is 1. The largest absolute Gasteiger partial charge is 0.487 e. The van der Waals surface area contributed by atoms with Crippen LogP contribution >= 0.6 is 0 Å². The number of carbonyl (C=O) groups excluding carboxylic acids is 2. The van der Waals surface area contributed by atoms with E-state index in [2.05, 4.69) is 0 Å². The van der Waals surface area contributed by atoms with Gasteiger partial charge in [0, 0.05) is 32.0 Å². The number of aliphatic hydroxyl groups is 1. The molecular formula is C20H27FN2O6. The van der Waals surface area contributed by atoms with Crippen LogP contribution in [0, 0.1) is 5.82 Å². The van der Waals surface area contributed by atoms with Gasteiger partial charge in [0.15, 0.2) is 11.6 Å². The van der Waals surface area contributed by atoms with Crippen LogP contribution in [0.4, 0.5) is 19.7 Å². The summed E-state index contributed by atoms with van der Waals surface area (Å²) in [6, 6.07) is 4.27. The SMILES string of the molecule is CC(C)(C)OC(=O)N1CCC(Oc2ccc(N3C[C@H](CO)OC3=O)cc2F)CC1. The van der Waals surface area contributed by atoms with Crippen LogP contribution in [0.15, 0.2) is 18.2 Å². The quantitative estimate of drug-likeness (QED) is 0.821. The maximum absolute atomic E-state index is 14.5. The highest BCUT2D eigenvalue weighted by Crippen LogP contribution is 2.29. The Morgan fingerprint density at radius 3 is 2.55 bits per heavy atom. The number of likely N-dealkylation sites (tertiary alicyclic amines) is 1. The molecule has 0 unspecified atom stereocenters. The lowest BCUT2D eigenvalue weighted by Gasteiger charge is -2.33. The molecule has 2 saturated heterocycles. The second-order valence-corrected chi connectivity index (χ2v) is 8.20. The first-order chi connectivity index (χ1) is 13.7. The number of carbonyl (C=O) groups is 2. The molecule has 2 aliphatic heterocycles. The number of aliphatic hydroxyl groups excluding tert-OH is 1. The molecule has 8 nitrogen and oxygen atoms in total. The number of nitrogens with zero attached hydrogens (tertiary/aromatic N) is 2. The maximum atomic E-state index is 14.5. The standard InChI is InChI=1S/C20H27FN2O6/c1-20(2,3)29-18(25)22-8-6-14(7-9-22)27-17-5-4-13(10-16(17)21)23-11-15(12-24)28-19(23)26/h4-5,10,14-15,24H,6-9,11-12H2,1-3H3/t15-/m1/s1. The van der Waals surface area contributed by atoms with E-state index in [0.29, 0.717) is 31.6 Å². The third-order valence-electron chi connectivity index (χ3n) is 4.69. The second kappa shape index (κ2) is 8.44. The van der Waals surface area contributed by atoms with Gasteiger partial charge in [-0.15, -0.1) is 0 Å². The number of ether oxygens (including phenoxy) is 3. The second-order valence-electron chi connectivity index (χ2n) is 8.20. The number of amides is 2. The third-order valence-corrected chi connectivity index (χ3v) is 4.69. The number of hydrogen-bond acceptors (Lipinski definition) is 6. The lowest BCUT2D eigenvalue weighted by molar-refractivity contribution is 0.0123. The predicted octanol–water partition coefficient (Wildman–Crippen LogP) is 2.92. The molecule has 9 heteroatoms. The number of benzene rings is 1. The van der Waals surface area contributed by atoms with Crippen LogP contribution in [-0.4, -0.2) is 66.2 Å². The first kappa shape index (κ1) is 21.2. The molecule has 2 fully saturated rings. The van der Waals surface area contributed by atoms with Gasteiger partial charge in [-0.05, 0) is 32.9 Å². The van der Waals surface area contributed by atoms with Gasteiger partial charge in [-0.1, -0.05) is 0 Å². The lowest BCUT2D eigenvalue weighted by atomic mass is 10.1. The fourth-order valence-corrected chi connectivity index (χ4v) is 3.24. The van der Waals surface area contributed by atoms with Crippen LogP contribution in [0.25, 0.3) is 0 Å². The van der Waals surface area contributed by atoms with Crippen LogP contribution in [0.3, 0.4) is 0 Å². The van der Waals surface area contributed by atoms with Gasteiger partial charge >= 0.3 is 12.2 Å². The molecule has 0 saturated carbocycles. The molecule has 0 aromatic heterocycles. The summed E-state index contributed by atoms with van der Waals surface area (Å²) in [5.74, 6) is -0.493. The zero-order valence-electron chi connectivity index (χ0n) is 16.9. The fourth-order valence-electron chi connectivity index (χ4n) is 3.24. The van der Waals surface area contributed by atoms with Crippen LogP contribution in [-0.2, 0) is 9.47 Å². The Hall–Kier alpha value is -2.55. The molecule has 1 N–H and O–H groups in total. The summed E-state index contributed by atoms with van der Waals surface area (Å²) in [5, 5.41) is 9.11. The number of rotatable bonds is 4. The lowest BCUT2D eigenvalue weighted by Crippen LogP contribution is -2.44. The molecule has 0 radical (unpaired) electrons. The Bertz CT molecular complexity index is 758. The first-order valence-corrected chi connectivity index (χ1v) is 9.69. The molecule has 0 aliphatic carbocycles. The monoisotopic (exact) mass is 410 g/mol. The average molecular weight is 410 g/mol. The number of cyclic esters (lactones) is 1. The summed E-state index contributed by atoms with van der Waals surface area (Å²) in [4.78, 5) is 26.8. The molecule has 2 heterocycles. The van der Waals surface area contributed by atoms with Crippen molar-refractivity contribution in [2.45, 2.75) is 51.4 Å². The van der Waals surface area contributed by atoms with Crippen molar-refractivity contribution in [1.29, 1.82) is 0 Å². The Labute approximate surface area is 169 Å². The Balaban J connectivity index is 1.55. The summed E-state index contributed by atoms with van der Waals surface area (Å²) >= 11 is 0. The highest BCUT2D eigenvalue weighted by Gasteiger charge is 2.32. The fraction of sp³-hybridized carbons (Fsp3) is 0.600. The zero-order chi connectivity index (χ0) is 21.2. The van der Waals surface area contributed by atoms with E-state index in [1.165, 1.54) is 17.0 Å². The highest BCUT2D eigenvalue weighted by atomic mass is 19.1. The van der Waals surface area contributed by atoms with E-state index in [4.69, 9.17) is 19.3 Å². The Kier molecular flexibility index (Phi) is 6.16. The molecule has 1 aromatic carbocycles. The van der Waals surface area contributed by atoms with Crippen molar-refractivity contribution in [2.75, 3.05) is 31.1 Å². The maximum Gasteiger partial charge on any atom is 0.414 e.